The van der Waals surface area contributed by atoms with Gasteiger partial charge in [-0.3, -0.25) is 4.79 Å². The van der Waals surface area contributed by atoms with Crippen LogP contribution in [0, 0.1) is 6.92 Å². The fraction of sp³-hybridized carbons (Fsp3) is 0.733. The Kier molecular flexibility index (Phi) is 4.02. The van der Waals surface area contributed by atoms with Crippen LogP contribution in [-0.2, 0) is 11.8 Å². The fourth-order valence-electron chi connectivity index (χ4n) is 3.29. The van der Waals surface area contributed by atoms with Gasteiger partial charge >= 0.3 is 0 Å². The zero-order valence-corrected chi connectivity index (χ0v) is 13.8. The molecule has 0 radical (unpaired) electrons. The zero-order chi connectivity index (χ0) is 15.9. The van der Waals surface area contributed by atoms with E-state index < -0.39 is 0 Å². The largest absolute Gasteiger partial charge is 0.481 e. The van der Waals surface area contributed by atoms with Crippen molar-refractivity contribution in [1.29, 1.82) is 0 Å². The predicted octanol–water partition coefficient (Wildman–Crippen LogP) is 1.53. The Morgan fingerprint density at radius 2 is 2.00 bits per heavy atom. The van der Waals surface area contributed by atoms with Gasteiger partial charge in [0, 0.05) is 25.0 Å². The van der Waals surface area contributed by atoms with E-state index in [4.69, 9.17) is 10.5 Å². The van der Waals surface area contributed by atoms with E-state index in [-0.39, 0.29) is 23.5 Å². The molecule has 2 unspecified atom stereocenters. The van der Waals surface area contributed by atoms with Gasteiger partial charge in [-0.1, -0.05) is 0 Å². The summed E-state index contributed by atoms with van der Waals surface area (Å²) in [6, 6.07) is -0.311. The average molecular weight is 294 g/mol. The minimum Gasteiger partial charge on any atom is -0.481 e. The summed E-state index contributed by atoms with van der Waals surface area (Å²) < 4.78 is 7.21. The van der Waals surface area contributed by atoms with E-state index in [1.807, 2.05) is 39.6 Å². The van der Waals surface area contributed by atoms with Crippen LogP contribution >= 0.6 is 0 Å². The molecule has 1 amide bonds. The molecular weight excluding hydrogens is 268 g/mol. The molecule has 0 spiro atoms. The number of amides is 1. The highest BCUT2D eigenvalue weighted by Crippen LogP contribution is 2.41. The van der Waals surface area contributed by atoms with Gasteiger partial charge in [-0.05, 0) is 34.1 Å². The molecule has 118 valence electrons. The molecule has 0 saturated carbocycles. The zero-order valence-electron chi connectivity index (χ0n) is 13.8. The lowest BCUT2D eigenvalue weighted by molar-refractivity contribution is -0.144. The third-order valence-electron chi connectivity index (χ3n) is 4.07. The van der Waals surface area contributed by atoms with E-state index in [0.29, 0.717) is 18.7 Å². The number of nitrogens with two attached hydrogens (primary N) is 1. The Morgan fingerprint density at radius 1 is 1.38 bits per heavy atom. The van der Waals surface area contributed by atoms with Crippen LogP contribution in [0.1, 0.15) is 50.9 Å². The van der Waals surface area contributed by atoms with Crippen molar-refractivity contribution in [2.24, 2.45) is 12.8 Å². The lowest BCUT2D eigenvalue weighted by Gasteiger charge is -2.47. The maximum atomic E-state index is 12.5. The van der Waals surface area contributed by atoms with Gasteiger partial charge in [0.1, 0.15) is 0 Å². The number of likely N-dealkylation sites (tertiary alicyclic amines) is 1. The van der Waals surface area contributed by atoms with Gasteiger partial charge in [0.2, 0.25) is 11.8 Å². The molecule has 6 heteroatoms. The summed E-state index contributed by atoms with van der Waals surface area (Å²) in [7, 11) is 3.46. The van der Waals surface area contributed by atoms with Crippen LogP contribution in [0.4, 0.5) is 0 Å². The number of rotatable bonds is 2. The van der Waals surface area contributed by atoms with Crippen molar-refractivity contribution >= 4 is 5.91 Å². The molecule has 1 aliphatic rings. The molecule has 2 N–H and O–H groups in total. The van der Waals surface area contributed by atoms with Crippen molar-refractivity contribution in [1.82, 2.24) is 14.7 Å². The van der Waals surface area contributed by atoms with Crippen LogP contribution in [0.25, 0.3) is 0 Å². The van der Waals surface area contributed by atoms with E-state index in [0.717, 1.165) is 11.3 Å². The number of carbonyl (C=O) groups is 1. The first-order valence-corrected chi connectivity index (χ1v) is 7.33. The predicted molar refractivity (Wildman–Crippen MR) is 81.0 cm³/mol. The fourth-order valence-corrected chi connectivity index (χ4v) is 3.29. The van der Waals surface area contributed by atoms with Crippen molar-refractivity contribution in [3.63, 3.8) is 0 Å². The Labute approximate surface area is 126 Å². The molecule has 0 aliphatic carbocycles. The van der Waals surface area contributed by atoms with Crippen molar-refractivity contribution in [3.05, 3.63) is 11.3 Å². The van der Waals surface area contributed by atoms with Gasteiger partial charge in [-0.15, -0.1) is 0 Å². The van der Waals surface area contributed by atoms with Crippen molar-refractivity contribution < 1.29 is 9.53 Å². The lowest BCUT2D eigenvalue weighted by atomic mass is 9.86. The van der Waals surface area contributed by atoms with Crippen molar-refractivity contribution in [2.45, 2.75) is 58.2 Å². The second-order valence-electron chi connectivity index (χ2n) is 6.71. The van der Waals surface area contributed by atoms with Gasteiger partial charge in [0.15, 0.2) is 0 Å². The molecule has 1 saturated heterocycles. The number of ether oxygens (including phenoxy) is 1. The number of methoxy groups -OCH3 is 1. The standard InChI is InChI=1S/C15H26N4O2/c1-9-12(14(21-6)18(5)17-9)13-10(16)7-8-11(20)19(13)15(2,3)4/h10,13H,7-8,16H2,1-6H3. The number of hydrogen-bond acceptors (Lipinski definition) is 4. The monoisotopic (exact) mass is 294 g/mol. The highest BCUT2D eigenvalue weighted by atomic mass is 16.5. The van der Waals surface area contributed by atoms with Gasteiger partial charge in [-0.25, -0.2) is 4.68 Å². The SMILES string of the molecule is COc1c(C2C(N)CCC(=O)N2C(C)(C)C)c(C)nn1C. The quantitative estimate of drug-likeness (QED) is 0.897. The molecule has 1 aromatic rings. The molecule has 6 nitrogen and oxygen atoms in total. The summed E-state index contributed by atoms with van der Waals surface area (Å²) in [6.45, 7) is 8.04. The van der Waals surface area contributed by atoms with Gasteiger partial charge in [-0.2, -0.15) is 5.10 Å². The summed E-state index contributed by atoms with van der Waals surface area (Å²) >= 11 is 0. The summed E-state index contributed by atoms with van der Waals surface area (Å²) in [5.74, 6) is 0.816. The molecule has 2 rings (SSSR count). The van der Waals surface area contributed by atoms with Gasteiger partial charge < -0.3 is 15.4 Å². The van der Waals surface area contributed by atoms with Crippen LogP contribution in [0.15, 0.2) is 0 Å². The second-order valence-corrected chi connectivity index (χ2v) is 6.71. The van der Waals surface area contributed by atoms with E-state index in [1.54, 1.807) is 11.8 Å². The minimum atomic E-state index is -0.299. The van der Waals surface area contributed by atoms with E-state index in [1.165, 1.54) is 0 Å². The Hall–Kier alpha value is -1.56. The molecule has 2 atom stereocenters. The number of hydrogen-bond donors (Lipinski definition) is 1. The van der Waals surface area contributed by atoms with E-state index in [2.05, 4.69) is 5.10 Å². The van der Waals surface area contributed by atoms with Crippen LogP contribution < -0.4 is 10.5 Å². The van der Waals surface area contributed by atoms with Crippen molar-refractivity contribution in [2.75, 3.05) is 7.11 Å². The topological polar surface area (TPSA) is 73.4 Å². The van der Waals surface area contributed by atoms with Crippen LogP contribution in [-0.4, -0.2) is 39.3 Å². The first-order valence-electron chi connectivity index (χ1n) is 7.33. The molecule has 2 heterocycles. The molecule has 1 aliphatic heterocycles. The normalized spacial score (nSPS) is 23.6. The highest BCUT2D eigenvalue weighted by molar-refractivity contribution is 5.79. The van der Waals surface area contributed by atoms with Crippen LogP contribution in [0.5, 0.6) is 5.88 Å². The molecule has 1 fully saturated rings. The molecular formula is C15H26N4O2. The van der Waals surface area contributed by atoms with E-state index >= 15 is 0 Å². The van der Waals surface area contributed by atoms with E-state index in [9.17, 15) is 4.79 Å². The summed E-state index contributed by atoms with van der Waals surface area (Å²) in [5, 5.41) is 4.43. The maximum Gasteiger partial charge on any atom is 0.223 e. The Morgan fingerprint density at radius 3 is 2.52 bits per heavy atom. The number of piperidine rings is 1. The van der Waals surface area contributed by atoms with Crippen LogP contribution in [0.2, 0.25) is 0 Å². The molecule has 0 bridgehead atoms. The third kappa shape index (κ3) is 2.64. The molecule has 1 aromatic heterocycles. The summed E-state index contributed by atoms with van der Waals surface area (Å²) in [6.07, 6.45) is 1.18. The minimum absolute atomic E-state index is 0.112. The molecule has 0 aromatic carbocycles. The average Bonchev–Trinajstić information content (AvgIpc) is 2.64. The lowest BCUT2D eigenvalue weighted by Crippen LogP contribution is -2.56. The molecule has 21 heavy (non-hydrogen) atoms. The Bertz CT molecular complexity index is 545. The maximum absolute atomic E-state index is 12.5. The van der Waals surface area contributed by atoms with Gasteiger partial charge in [0.25, 0.3) is 0 Å². The number of aromatic nitrogens is 2. The highest BCUT2D eigenvalue weighted by Gasteiger charge is 2.43. The first-order chi connectivity index (χ1) is 9.68. The second kappa shape index (κ2) is 5.33. The number of aryl methyl sites for hydroxylation is 2. The third-order valence-corrected chi connectivity index (χ3v) is 4.07. The van der Waals surface area contributed by atoms with Crippen LogP contribution in [0.3, 0.4) is 0 Å². The summed E-state index contributed by atoms with van der Waals surface area (Å²) in [5.41, 5.74) is 7.86. The number of nitrogens with zero attached hydrogens (tertiary/aromatic N) is 3. The first kappa shape index (κ1) is 15.8. The van der Waals surface area contributed by atoms with Crippen molar-refractivity contribution in [3.8, 4) is 5.88 Å². The summed E-state index contributed by atoms with van der Waals surface area (Å²) in [4.78, 5) is 14.4. The smallest absolute Gasteiger partial charge is 0.223 e. The number of carbonyl (C=O) groups excluding carboxylic acids is 1. The van der Waals surface area contributed by atoms with Gasteiger partial charge in [0.05, 0.1) is 24.4 Å². The Balaban J connectivity index is 2.59.